The summed E-state index contributed by atoms with van der Waals surface area (Å²) >= 11 is 0. The van der Waals surface area contributed by atoms with E-state index in [1.807, 2.05) is 7.05 Å². The quantitative estimate of drug-likeness (QED) is 0.779. The normalized spacial score (nSPS) is 17.9. The summed E-state index contributed by atoms with van der Waals surface area (Å²) in [6.07, 6.45) is 6.95. The van der Waals surface area contributed by atoms with Gasteiger partial charge in [0.05, 0.1) is 0 Å². The number of aryl methyl sites for hydroxylation is 1. The van der Waals surface area contributed by atoms with Crippen LogP contribution in [0.4, 0.5) is 0 Å². The van der Waals surface area contributed by atoms with Crippen LogP contribution in [-0.2, 0) is 18.3 Å². The molecule has 1 aliphatic rings. The molecule has 0 atom stereocenters. The van der Waals surface area contributed by atoms with Crippen LogP contribution in [0, 0.1) is 0 Å². The topological polar surface area (TPSA) is 85.8 Å². The van der Waals surface area contributed by atoms with Crippen molar-refractivity contribution >= 4 is 5.91 Å². The number of carbonyl (C=O) groups is 1. The summed E-state index contributed by atoms with van der Waals surface area (Å²) in [6.45, 7) is 0.568. The van der Waals surface area contributed by atoms with Crippen molar-refractivity contribution < 1.29 is 4.79 Å². The fourth-order valence-corrected chi connectivity index (χ4v) is 2.45. The lowest BCUT2D eigenvalue weighted by atomic mass is 9.94. The van der Waals surface area contributed by atoms with Crippen LogP contribution in [0.1, 0.15) is 37.9 Å². The van der Waals surface area contributed by atoms with Crippen molar-refractivity contribution in [3.8, 4) is 0 Å². The zero-order valence-corrected chi connectivity index (χ0v) is 10.9. The van der Waals surface area contributed by atoms with Crippen LogP contribution in [0.3, 0.4) is 0 Å². The number of aromatic nitrogens is 3. The van der Waals surface area contributed by atoms with Gasteiger partial charge in [0.25, 0.3) is 0 Å². The Labute approximate surface area is 107 Å². The molecule has 6 nitrogen and oxygen atoms in total. The third-order valence-electron chi connectivity index (χ3n) is 3.43. The molecule has 0 aromatic carbocycles. The summed E-state index contributed by atoms with van der Waals surface area (Å²) in [5, 5.41) is 7.04. The smallest absolute Gasteiger partial charge is 0.221 e. The van der Waals surface area contributed by atoms with Crippen LogP contribution >= 0.6 is 0 Å². The molecule has 2 rings (SSSR count). The first-order valence-corrected chi connectivity index (χ1v) is 6.47. The van der Waals surface area contributed by atoms with E-state index in [1.165, 1.54) is 0 Å². The van der Waals surface area contributed by atoms with Crippen molar-refractivity contribution in [1.82, 2.24) is 20.1 Å². The molecule has 6 heteroatoms. The van der Waals surface area contributed by atoms with E-state index >= 15 is 0 Å². The number of nitrogens with two attached hydrogens (primary N) is 1. The molecule has 1 aliphatic carbocycles. The second kappa shape index (κ2) is 5.48. The van der Waals surface area contributed by atoms with E-state index in [1.54, 1.807) is 11.0 Å². The van der Waals surface area contributed by atoms with Gasteiger partial charge < -0.3 is 11.1 Å². The van der Waals surface area contributed by atoms with Crippen molar-refractivity contribution in [3.63, 3.8) is 0 Å². The molecule has 1 fully saturated rings. The molecule has 0 radical (unpaired) electrons. The minimum atomic E-state index is -0.271. The van der Waals surface area contributed by atoms with Crippen LogP contribution in [0.2, 0.25) is 0 Å². The molecule has 0 saturated heterocycles. The van der Waals surface area contributed by atoms with Crippen LogP contribution in [0.25, 0.3) is 0 Å². The highest BCUT2D eigenvalue weighted by Gasteiger charge is 2.31. The van der Waals surface area contributed by atoms with Gasteiger partial charge in [0.1, 0.15) is 6.33 Å². The number of hydrogen-bond donors (Lipinski definition) is 2. The van der Waals surface area contributed by atoms with Gasteiger partial charge in [-0.2, -0.15) is 5.10 Å². The molecule has 0 bridgehead atoms. The third kappa shape index (κ3) is 3.53. The Kier molecular flexibility index (Phi) is 3.96. The van der Waals surface area contributed by atoms with Crippen LogP contribution in [0.5, 0.6) is 0 Å². The zero-order valence-electron chi connectivity index (χ0n) is 10.9. The highest BCUT2D eigenvalue weighted by Crippen LogP contribution is 2.29. The Hall–Kier alpha value is -1.43. The van der Waals surface area contributed by atoms with Gasteiger partial charge in [-0.1, -0.05) is 12.8 Å². The largest absolute Gasteiger partial charge is 0.356 e. The highest BCUT2D eigenvalue weighted by atomic mass is 16.1. The van der Waals surface area contributed by atoms with E-state index in [-0.39, 0.29) is 11.4 Å². The molecule has 3 N–H and O–H groups in total. The summed E-state index contributed by atoms with van der Waals surface area (Å²) in [4.78, 5) is 15.9. The molecule has 18 heavy (non-hydrogen) atoms. The first kappa shape index (κ1) is 13.0. The van der Waals surface area contributed by atoms with Crippen molar-refractivity contribution in [1.29, 1.82) is 0 Å². The van der Waals surface area contributed by atoms with Gasteiger partial charge in [-0.05, 0) is 12.8 Å². The van der Waals surface area contributed by atoms with Gasteiger partial charge in [-0.25, -0.2) is 4.98 Å². The third-order valence-corrected chi connectivity index (χ3v) is 3.43. The molecule has 100 valence electrons. The monoisotopic (exact) mass is 251 g/mol. The van der Waals surface area contributed by atoms with Crippen LogP contribution in [-0.4, -0.2) is 32.8 Å². The van der Waals surface area contributed by atoms with Gasteiger partial charge in [0.15, 0.2) is 5.82 Å². The molecule has 0 spiro atoms. The number of carbonyl (C=O) groups excluding carboxylic acids is 1. The number of nitrogens with one attached hydrogen (secondary N) is 1. The van der Waals surface area contributed by atoms with E-state index < -0.39 is 0 Å². The summed E-state index contributed by atoms with van der Waals surface area (Å²) in [5.74, 6) is 0.788. The Morgan fingerprint density at radius 3 is 2.89 bits per heavy atom. The fourth-order valence-electron chi connectivity index (χ4n) is 2.45. The predicted molar refractivity (Wildman–Crippen MR) is 67.7 cm³/mol. The van der Waals surface area contributed by atoms with E-state index in [4.69, 9.17) is 5.73 Å². The number of rotatable bonds is 5. The fraction of sp³-hybridized carbons (Fsp3) is 0.750. The van der Waals surface area contributed by atoms with E-state index in [0.717, 1.165) is 31.5 Å². The highest BCUT2D eigenvalue weighted by molar-refractivity contribution is 5.77. The van der Waals surface area contributed by atoms with Crippen molar-refractivity contribution in [3.05, 3.63) is 12.2 Å². The number of amides is 1. The second-order valence-corrected chi connectivity index (χ2v) is 5.18. The van der Waals surface area contributed by atoms with Gasteiger partial charge in [0, 0.05) is 32.0 Å². The maximum atomic E-state index is 11.8. The zero-order chi connectivity index (χ0) is 13.0. The van der Waals surface area contributed by atoms with Crippen molar-refractivity contribution in [2.45, 2.75) is 44.1 Å². The lowest BCUT2D eigenvalue weighted by Gasteiger charge is -2.22. The first-order valence-electron chi connectivity index (χ1n) is 6.47. The van der Waals surface area contributed by atoms with Crippen LogP contribution < -0.4 is 11.1 Å². The van der Waals surface area contributed by atoms with E-state index in [0.29, 0.717) is 19.4 Å². The average molecular weight is 251 g/mol. The molecule has 1 aromatic rings. The summed E-state index contributed by atoms with van der Waals surface area (Å²) < 4.78 is 1.66. The summed E-state index contributed by atoms with van der Waals surface area (Å²) in [6, 6.07) is 0. The summed E-state index contributed by atoms with van der Waals surface area (Å²) in [5.41, 5.74) is 5.89. The molecule has 1 heterocycles. The predicted octanol–water partition coefficient (Wildman–Crippen LogP) is 0.135. The second-order valence-electron chi connectivity index (χ2n) is 5.18. The molecule has 0 unspecified atom stereocenters. The maximum absolute atomic E-state index is 11.8. The average Bonchev–Trinajstić information content (AvgIpc) is 2.88. The lowest BCUT2D eigenvalue weighted by Crippen LogP contribution is -2.42. The molecular weight excluding hydrogens is 230 g/mol. The van der Waals surface area contributed by atoms with Crippen LogP contribution in [0.15, 0.2) is 6.33 Å². The Morgan fingerprint density at radius 2 is 2.28 bits per heavy atom. The molecule has 1 saturated carbocycles. The first-order chi connectivity index (χ1) is 8.57. The summed E-state index contributed by atoms with van der Waals surface area (Å²) in [7, 11) is 1.83. The standard InChI is InChI=1S/C12H21N5O/c1-17-9-15-10(16-17)4-7-14-11(18)8-12(13)5-2-3-6-12/h9H,2-8,13H2,1H3,(H,14,18). The van der Waals surface area contributed by atoms with Crippen molar-refractivity contribution in [2.75, 3.05) is 6.54 Å². The SMILES string of the molecule is Cn1cnc(CCNC(=O)CC2(N)CCCC2)n1. The Morgan fingerprint density at radius 1 is 1.56 bits per heavy atom. The Balaban J connectivity index is 1.68. The minimum absolute atomic E-state index is 0.0373. The number of hydrogen-bond acceptors (Lipinski definition) is 4. The maximum Gasteiger partial charge on any atom is 0.221 e. The van der Waals surface area contributed by atoms with E-state index in [2.05, 4.69) is 15.4 Å². The molecule has 0 aliphatic heterocycles. The van der Waals surface area contributed by atoms with Gasteiger partial charge >= 0.3 is 0 Å². The molecule has 1 amide bonds. The van der Waals surface area contributed by atoms with Crippen molar-refractivity contribution in [2.24, 2.45) is 12.8 Å². The van der Waals surface area contributed by atoms with Gasteiger partial charge in [-0.15, -0.1) is 0 Å². The lowest BCUT2D eigenvalue weighted by molar-refractivity contribution is -0.122. The van der Waals surface area contributed by atoms with E-state index in [9.17, 15) is 4.79 Å². The Bertz CT molecular complexity index is 408. The minimum Gasteiger partial charge on any atom is -0.356 e. The van der Waals surface area contributed by atoms with Gasteiger partial charge in [-0.3, -0.25) is 9.48 Å². The number of nitrogens with zero attached hydrogens (tertiary/aromatic N) is 3. The van der Waals surface area contributed by atoms with Gasteiger partial charge in [0.2, 0.25) is 5.91 Å². The molecule has 1 aromatic heterocycles. The molecular formula is C12H21N5O.